The predicted octanol–water partition coefficient (Wildman–Crippen LogP) is 5.43. The van der Waals surface area contributed by atoms with Gasteiger partial charge in [0.25, 0.3) is 0 Å². The average molecular weight is 357 g/mol. The van der Waals surface area contributed by atoms with E-state index in [4.69, 9.17) is 0 Å². The minimum absolute atomic E-state index is 0.0715. The highest BCUT2D eigenvalue weighted by Crippen LogP contribution is 2.30. The molecule has 0 aliphatic rings. The van der Waals surface area contributed by atoms with E-state index in [1.807, 2.05) is 48.5 Å². The van der Waals surface area contributed by atoms with Gasteiger partial charge in [-0.25, -0.2) is 4.98 Å². The Kier molecular flexibility index (Phi) is 4.33. The zero-order valence-corrected chi connectivity index (χ0v) is 14.6. The molecular weight excluding hydrogens is 342 g/mol. The highest BCUT2D eigenvalue weighted by molar-refractivity contribution is 7.20. The number of phenols is 1. The molecule has 0 amide bonds. The molecule has 1 N–H and O–H groups in total. The molecule has 1 aromatic heterocycles. The van der Waals surface area contributed by atoms with Crippen LogP contribution >= 0.6 is 11.3 Å². The van der Waals surface area contributed by atoms with Gasteiger partial charge < -0.3 is 5.11 Å². The summed E-state index contributed by atoms with van der Waals surface area (Å²) in [5.41, 5.74) is 2.88. The first-order chi connectivity index (χ1) is 12.7. The average Bonchev–Trinajstić information content (AvgIpc) is 3.11. The number of Topliss-reactive ketones (excluding diaryl/α,β-unsaturated/α-hetero) is 1. The molecule has 0 aliphatic heterocycles. The summed E-state index contributed by atoms with van der Waals surface area (Å²) in [5, 5.41) is 10.2. The molecule has 0 aliphatic carbocycles. The highest BCUT2D eigenvalue weighted by Gasteiger charge is 2.18. The van der Waals surface area contributed by atoms with Crippen LogP contribution in [-0.2, 0) is 0 Å². The second-order valence-corrected chi connectivity index (χ2v) is 6.86. The Labute approximate surface area is 154 Å². The first-order valence-electron chi connectivity index (χ1n) is 8.17. The van der Waals surface area contributed by atoms with E-state index in [0.29, 0.717) is 16.1 Å². The van der Waals surface area contributed by atoms with E-state index < -0.39 is 0 Å². The van der Waals surface area contributed by atoms with Gasteiger partial charge in [-0.05, 0) is 35.9 Å². The number of fused-ring (bicyclic) bond motifs is 1. The zero-order valence-electron chi connectivity index (χ0n) is 13.8. The Morgan fingerprint density at radius 1 is 0.885 bits per heavy atom. The van der Waals surface area contributed by atoms with Crippen LogP contribution in [0.4, 0.5) is 0 Å². The van der Waals surface area contributed by atoms with Gasteiger partial charge in [0.2, 0.25) is 0 Å². The van der Waals surface area contributed by atoms with Crippen molar-refractivity contribution >= 4 is 39.0 Å². The maximum Gasteiger partial charge on any atom is 0.196 e. The summed E-state index contributed by atoms with van der Waals surface area (Å²) in [7, 11) is 0. The van der Waals surface area contributed by atoms with Crippen molar-refractivity contribution in [1.82, 2.24) is 4.98 Å². The first-order valence-corrected chi connectivity index (χ1v) is 8.99. The van der Waals surface area contributed by atoms with Crippen molar-refractivity contribution < 1.29 is 9.90 Å². The number of para-hydroxylation sites is 1. The quantitative estimate of drug-likeness (QED) is 0.392. The molecule has 3 nitrogen and oxygen atoms in total. The number of benzene rings is 3. The second kappa shape index (κ2) is 6.94. The van der Waals surface area contributed by atoms with Gasteiger partial charge in [0.05, 0.1) is 15.8 Å². The molecule has 0 radical (unpaired) electrons. The summed E-state index contributed by atoms with van der Waals surface area (Å²) in [5.74, 6) is 0.121. The van der Waals surface area contributed by atoms with Crippen LogP contribution in [0, 0.1) is 0 Å². The Morgan fingerprint density at radius 2 is 1.58 bits per heavy atom. The molecule has 3 aromatic carbocycles. The molecule has 4 rings (SSSR count). The third-order valence-corrected chi connectivity index (χ3v) is 5.08. The summed E-state index contributed by atoms with van der Waals surface area (Å²) >= 11 is 1.50. The van der Waals surface area contributed by atoms with E-state index in [1.54, 1.807) is 36.4 Å². The lowest BCUT2D eigenvalue weighted by molar-refractivity contribution is 0.105. The van der Waals surface area contributed by atoms with Crippen LogP contribution in [0.1, 0.15) is 20.9 Å². The Hall–Kier alpha value is -3.24. The number of rotatable bonds is 4. The summed E-state index contributed by atoms with van der Waals surface area (Å²) in [6.45, 7) is 0. The van der Waals surface area contributed by atoms with Gasteiger partial charge in [0, 0.05) is 5.56 Å². The number of aromatic nitrogens is 1. The number of carbonyl (C=O) groups excluding carboxylic acids is 1. The van der Waals surface area contributed by atoms with E-state index in [9.17, 15) is 9.90 Å². The molecule has 1 heterocycles. The minimum atomic E-state index is -0.0715. The standard InChI is InChI=1S/C22H15NO2S/c24-17-12-10-15(11-13-17)14-18(21(25)16-6-2-1-3-7-16)22-23-19-8-4-5-9-20(19)26-22/h1-14,24H. The van der Waals surface area contributed by atoms with Crippen molar-refractivity contribution in [2.75, 3.05) is 0 Å². The Bertz CT molecular complexity index is 1060. The van der Waals surface area contributed by atoms with Gasteiger partial charge in [-0.2, -0.15) is 0 Å². The molecule has 26 heavy (non-hydrogen) atoms. The van der Waals surface area contributed by atoms with E-state index in [0.717, 1.165) is 15.8 Å². The number of carbonyl (C=O) groups is 1. The molecule has 0 spiro atoms. The summed E-state index contributed by atoms with van der Waals surface area (Å²) < 4.78 is 1.04. The second-order valence-electron chi connectivity index (χ2n) is 5.83. The van der Waals surface area contributed by atoms with Gasteiger partial charge in [0.15, 0.2) is 5.78 Å². The maximum atomic E-state index is 13.1. The first kappa shape index (κ1) is 16.2. The minimum Gasteiger partial charge on any atom is -0.508 e. The lowest BCUT2D eigenvalue weighted by Crippen LogP contribution is -2.02. The number of nitrogens with zero attached hydrogens (tertiary/aromatic N) is 1. The largest absolute Gasteiger partial charge is 0.508 e. The number of aromatic hydroxyl groups is 1. The molecule has 4 aromatic rings. The normalized spacial score (nSPS) is 11.6. The van der Waals surface area contributed by atoms with E-state index in [1.165, 1.54) is 11.3 Å². The molecule has 0 unspecified atom stereocenters. The number of ketones is 1. The Morgan fingerprint density at radius 3 is 2.31 bits per heavy atom. The third kappa shape index (κ3) is 3.27. The maximum absolute atomic E-state index is 13.1. The monoisotopic (exact) mass is 357 g/mol. The third-order valence-electron chi connectivity index (χ3n) is 4.01. The smallest absolute Gasteiger partial charge is 0.196 e. The molecule has 0 saturated carbocycles. The molecule has 4 heteroatoms. The molecule has 0 bridgehead atoms. The number of hydrogen-bond acceptors (Lipinski definition) is 4. The predicted molar refractivity (Wildman–Crippen MR) is 106 cm³/mol. The van der Waals surface area contributed by atoms with Crippen molar-refractivity contribution in [3.8, 4) is 5.75 Å². The Balaban J connectivity index is 1.85. The lowest BCUT2D eigenvalue weighted by atomic mass is 10.0. The van der Waals surface area contributed by atoms with Crippen LogP contribution < -0.4 is 0 Å². The van der Waals surface area contributed by atoms with Crippen molar-refractivity contribution in [1.29, 1.82) is 0 Å². The number of thiazole rings is 1. The molecule has 0 saturated heterocycles. The zero-order chi connectivity index (χ0) is 17.9. The number of allylic oxidation sites excluding steroid dienone is 1. The fraction of sp³-hybridized carbons (Fsp3) is 0. The van der Waals surface area contributed by atoms with Gasteiger partial charge >= 0.3 is 0 Å². The number of phenolic OH excluding ortho intramolecular Hbond substituents is 1. The number of hydrogen-bond donors (Lipinski definition) is 1. The van der Waals surface area contributed by atoms with Crippen molar-refractivity contribution in [3.63, 3.8) is 0 Å². The molecule has 126 valence electrons. The van der Waals surface area contributed by atoms with E-state index in [2.05, 4.69) is 4.98 Å². The lowest BCUT2D eigenvalue weighted by Gasteiger charge is -2.05. The van der Waals surface area contributed by atoms with Crippen LogP contribution in [0.3, 0.4) is 0 Å². The fourth-order valence-corrected chi connectivity index (χ4v) is 3.67. The van der Waals surface area contributed by atoms with Crippen molar-refractivity contribution in [2.45, 2.75) is 0 Å². The van der Waals surface area contributed by atoms with Crippen LogP contribution in [-0.4, -0.2) is 15.9 Å². The fourth-order valence-electron chi connectivity index (χ4n) is 2.69. The highest BCUT2D eigenvalue weighted by atomic mass is 32.1. The molecule has 0 fully saturated rings. The van der Waals surface area contributed by atoms with Gasteiger partial charge in [-0.15, -0.1) is 11.3 Å². The van der Waals surface area contributed by atoms with Crippen LogP contribution in [0.15, 0.2) is 78.9 Å². The summed E-state index contributed by atoms with van der Waals surface area (Å²) in [4.78, 5) is 17.8. The molecule has 0 atom stereocenters. The van der Waals surface area contributed by atoms with Crippen LogP contribution in [0.5, 0.6) is 5.75 Å². The van der Waals surface area contributed by atoms with E-state index >= 15 is 0 Å². The van der Waals surface area contributed by atoms with E-state index in [-0.39, 0.29) is 11.5 Å². The van der Waals surface area contributed by atoms with Crippen molar-refractivity contribution in [2.24, 2.45) is 0 Å². The topological polar surface area (TPSA) is 50.2 Å². The SMILES string of the molecule is O=C(C(=Cc1ccc(O)cc1)c1nc2ccccc2s1)c1ccccc1. The van der Waals surface area contributed by atoms with Gasteiger partial charge in [-0.3, -0.25) is 4.79 Å². The summed E-state index contributed by atoms with van der Waals surface area (Å²) in [6, 6.07) is 23.8. The van der Waals surface area contributed by atoms with Gasteiger partial charge in [-0.1, -0.05) is 54.6 Å². The van der Waals surface area contributed by atoms with Crippen LogP contribution in [0.2, 0.25) is 0 Å². The van der Waals surface area contributed by atoms with Gasteiger partial charge in [0.1, 0.15) is 10.8 Å². The molecular formula is C22H15NO2S. The van der Waals surface area contributed by atoms with Crippen molar-refractivity contribution in [3.05, 3.63) is 95.0 Å². The van der Waals surface area contributed by atoms with Crippen LogP contribution in [0.25, 0.3) is 21.9 Å². The summed E-state index contributed by atoms with van der Waals surface area (Å²) in [6.07, 6.45) is 1.83.